The van der Waals surface area contributed by atoms with Gasteiger partial charge in [0.05, 0.1) is 6.20 Å². The second kappa shape index (κ2) is 6.88. The van der Waals surface area contributed by atoms with Crippen molar-refractivity contribution < 1.29 is 13.9 Å². The number of carbonyl (C=O) groups excluding carboxylic acids is 1. The van der Waals surface area contributed by atoms with E-state index in [-0.39, 0.29) is 24.1 Å². The lowest BCUT2D eigenvalue weighted by molar-refractivity contribution is 0.0871. The van der Waals surface area contributed by atoms with Crippen molar-refractivity contribution in [3.8, 4) is 0 Å². The van der Waals surface area contributed by atoms with Gasteiger partial charge < -0.3 is 14.9 Å². The summed E-state index contributed by atoms with van der Waals surface area (Å²) >= 11 is 0. The van der Waals surface area contributed by atoms with E-state index >= 15 is 0 Å². The molecule has 0 aliphatic carbocycles. The van der Waals surface area contributed by atoms with Gasteiger partial charge in [-0.2, -0.15) is 0 Å². The van der Waals surface area contributed by atoms with Crippen LogP contribution in [0.15, 0.2) is 40.9 Å². The van der Waals surface area contributed by atoms with Crippen molar-refractivity contribution in [1.82, 2.24) is 9.88 Å². The van der Waals surface area contributed by atoms with Crippen molar-refractivity contribution >= 4 is 6.09 Å². The summed E-state index contributed by atoms with van der Waals surface area (Å²) in [6, 6.07) is 9.20. The molecule has 2 aromatic rings. The molecule has 2 atom stereocenters. The summed E-state index contributed by atoms with van der Waals surface area (Å²) in [5.74, 6) is 1.31. The van der Waals surface area contributed by atoms with Crippen LogP contribution >= 0.6 is 0 Å². The highest BCUT2D eigenvalue weighted by Crippen LogP contribution is 2.34. The summed E-state index contributed by atoms with van der Waals surface area (Å²) < 4.78 is 11.4. The molecule has 6 nitrogen and oxygen atoms in total. The SMILES string of the molecule is CC(C)(C)c1cnc([C@@H]2C[C@H](N)CN2C(=O)OCc2ccccc2)o1. The van der Waals surface area contributed by atoms with Gasteiger partial charge in [-0.05, 0) is 12.0 Å². The zero-order valence-electron chi connectivity index (χ0n) is 14.9. The van der Waals surface area contributed by atoms with Crippen LogP contribution in [0.25, 0.3) is 0 Å². The standard InChI is InChI=1S/C19H25N3O3/c1-19(2,3)16-10-21-17(25-16)15-9-14(20)11-22(15)18(23)24-12-13-7-5-4-6-8-13/h4-8,10,14-15H,9,11-12,20H2,1-3H3/t14-,15-/m0/s1. The zero-order chi connectivity index (χ0) is 18.0. The lowest BCUT2D eigenvalue weighted by Crippen LogP contribution is -2.33. The van der Waals surface area contributed by atoms with E-state index in [2.05, 4.69) is 25.8 Å². The van der Waals surface area contributed by atoms with Gasteiger partial charge >= 0.3 is 6.09 Å². The van der Waals surface area contributed by atoms with Crippen molar-refractivity contribution in [2.75, 3.05) is 6.54 Å². The number of nitrogens with two attached hydrogens (primary N) is 1. The molecule has 0 unspecified atom stereocenters. The van der Waals surface area contributed by atoms with Crippen molar-refractivity contribution in [2.24, 2.45) is 5.73 Å². The van der Waals surface area contributed by atoms with Crippen molar-refractivity contribution in [1.29, 1.82) is 0 Å². The lowest BCUT2D eigenvalue weighted by atomic mass is 9.94. The third-order valence-electron chi connectivity index (χ3n) is 4.32. The molecule has 2 heterocycles. The second-order valence-corrected chi connectivity index (χ2v) is 7.52. The van der Waals surface area contributed by atoms with Crippen LogP contribution < -0.4 is 5.73 Å². The van der Waals surface area contributed by atoms with Gasteiger partial charge in [-0.1, -0.05) is 51.1 Å². The second-order valence-electron chi connectivity index (χ2n) is 7.52. The zero-order valence-corrected chi connectivity index (χ0v) is 14.9. The molecule has 3 rings (SSSR count). The molecule has 1 fully saturated rings. The Labute approximate surface area is 148 Å². The molecule has 1 aromatic heterocycles. The average Bonchev–Trinajstić information content (AvgIpc) is 3.19. The summed E-state index contributed by atoms with van der Waals surface area (Å²) in [6.07, 6.45) is 1.95. The van der Waals surface area contributed by atoms with Crippen LogP contribution in [0.3, 0.4) is 0 Å². The number of carbonyl (C=O) groups is 1. The molecule has 1 aliphatic heterocycles. The fourth-order valence-electron chi connectivity index (χ4n) is 2.89. The van der Waals surface area contributed by atoms with E-state index < -0.39 is 6.09 Å². The Morgan fingerprint density at radius 3 is 2.72 bits per heavy atom. The Bertz CT molecular complexity index is 721. The van der Waals surface area contributed by atoms with Crippen LogP contribution in [0.4, 0.5) is 4.79 Å². The normalized spacial score (nSPS) is 20.7. The molecule has 2 N–H and O–H groups in total. The number of hydrogen-bond donors (Lipinski definition) is 1. The van der Waals surface area contributed by atoms with Gasteiger partial charge in [-0.15, -0.1) is 0 Å². The van der Waals surface area contributed by atoms with E-state index in [1.54, 1.807) is 11.1 Å². The van der Waals surface area contributed by atoms with Gasteiger partial charge in [-0.25, -0.2) is 9.78 Å². The number of oxazole rings is 1. The highest BCUT2D eigenvalue weighted by molar-refractivity contribution is 5.68. The molecule has 0 radical (unpaired) electrons. The van der Waals surface area contributed by atoms with Gasteiger partial charge in [0.2, 0.25) is 5.89 Å². The number of nitrogens with zero attached hydrogens (tertiary/aromatic N) is 2. The van der Waals surface area contributed by atoms with E-state index in [4.69, 9.17) is 14.9 Å². The van der Waals surface area contributed by atoms with Gasteiger partial charge in [0.15, 0.2) is 0 Å². The van der Waals surface area contributed by atoms with E-state index in [0.717, 1.165) is 11.3 Å². The predicted octanol–water partition coefficient (Wildman–Crippen LogP) is 3.38. The Hall–Kier alpha value is -2.34. The predicted molar refractivity (Wildman–Crippen MR) is 93.9 cm³/mol. The number of aromatic nitrogens is 1. The molecule has 25 heavy (non-hydrogen) atoms. The Kier molecular flexibility index (Phi) is 4.81. The molecule has 0 saturated carbocycles. The van der Waals surface area contributed by atoms with Crippen LogP contribution in [0.2, 0.25) is 0 Å². The number of benzene rings is 1. The van der Waals surface area contributed by atoms with E-state index in [1.165, 1.54) is 0 Å². The smallest absolute Gasteiger partial charge is 0.410 e. The van der Waals surface area contributed by atoms with Gasteiger partial charge in [0.25, 0.3) is 0 Å². The van der Waals surface area contributed by atoms with E-state index in [1.807, 2.05) is 30.3 Å². The highest BCUT2D eigenvalue weighted by atomic mass is 16.6. The molecule has 6 heteroatoms. The minimum Gasteiger partial charge on any atom is -0.445 e. The third kappa shape index (κ3) is 4.02. The summed E-state index contributed by atoms with van der Waals surface area (Å²) in [7, 11) is 0. The first-order valence-electron chi connectivity index (χ1n) is 8.53. The number of amides is 1. The fourth-order valence-corrected chi connectivity index (χ4v) is 2.89. The molecule has 134 valence electrons. The molecule has 0 bridgehead atoms. The minimum absolute atomic E-state index is 0.112. The van der Waals surface area contributed by atoms with Crippen LogP contribution in [0.5, 0.6) is 0 Å². The molecule has 1 amide bonds. The fraction of sp³-hybridized carbons (Fsp3) is 0.474. The lowest BCUT2D eigenvalue weighted by Gasteiger charge is -2.22. The van der Waals surface area contributed by atoms with Crippen molar-refractivity contribution in [3.05, 3.63) is 53.7 Å². The minimum atomic E-state index is -0.391. The number of rotatable bonds is 3. The summed E-state index contributed by atoms with van der Waals surface area (Å²) in [5, 5.41) is 0. The maximum atomic E-state index is 12.5. The Morgan fingerprint density at radius 1 is 1.36 bits per heavy atom. The van der Waals surface area contributed by atoms with Crippen molar-refractivity contribution in [2.45, 2.75) is 51.3 Å². The first-order chi connectivity index (χ1) is 11.8. The van der Waals surface area contributed by atoms with Crippen LogP contribution in [-0.4, -0.2) is 28.6 Å². The van der Waals surface area contributed by atoms with E-state index in [9.17, 15) is 4.79 Å². The topological polar surface area (TPSA) is 81.6 Å². The van der Waals surface area contributed by atoms with Crippen LogP contribution in [0.1, 0.15) is 50.4 Å². The Morgan fingerprint density at radius 2 is 2.08 bits per heavy atom. The molecular weight excluding hydrogens is 318 g/mol. The maximum absolute atomic E-state index is 12.5. The quantitative estimate of drug-likeness (QED) is 0.924. The number of ether oxygens (including phenoxy) is 1. The molecular formula is C19H25N3O3. The van der Waals surface area contributed by atoms with E-state index in [0.29, 0.717) is 18.9 Å². The van der Waals surface area contributed by atoms with Crippen molar-refractivity contribution in [3.63, 3.8) is 0 Å². The average molecular weight is 343 g/mol. The number of likely N-dealkylation sites (tertiary alicyclic amines) is 1. The van der Waals surface area contributed by atoms with Gasteiger partial charge in [-0.3, -0.25) is 4.90 Å². The summed E-state index contributed by atoms with van der Waals surface area (Å²) in [6.45, 7) is 6.85. The largest absolute Gasteiger partial charge is 0.445 e. The third-order valence-corrected chi connectivity index (χ3v) is 4.32. The van der Waals surface area contributed by atoms with Gasteiger partial charge in [0.1, 0.15) is 18.4 Å². The Balaban J connectivity index is 1.71. The highest BCUT2D eigenvalue weighted by Gasteiger charge is 2.39. The first-order valence-corrected chi connectivity index (χ1v) is 8.53. The summed E-state index contributed by atoms with van der Waals surface area (Å²) in [4.78, 5) is 18.5. The van der Waals surface area contributed by atoms with Crippen LogP contribution in [0, 0.1) is 0 Å². The molecule has 1 saturated heterocycles. The van der Waals surface area contributed by atoms with Crippen LogP contribution in [-0.2, 0) is 16.8 Å². The molecule has 1 aromatic carbocycles. The number of hydrogen-bond acceptors (Lipinski definition) is 5. The first kappa shape index (κ1) is 17.5. The summed E-state index contributed by atoms with van der Waals surface area (Å²) in [5.41, 5.74) is 6.88. The molecule has 0 spiro atoms. The monoisotopic (exact) mass is 343 g/mol. The van der Waals surface area contributed by atoms with Gasteiger partial charge in [0, 0.05) is 18.0 Å². The molecule has 1 aliphatic rings. The maximum Gasteiger partial charge on any atom is 0.410 e.